The Balaban J connectivity index is 1.54. The molecule has 3 aliphatic rings. The standard InChI is InChI=1S/C24H32O8/c1-7-13(2)17(25)14-9-8-10-15(11-14)21(26)28-19-18(16-12-27-23(3,4)30-16)29-22-20(19)31-24(5,6)32-22/h7-11,13,16-20,22,25H,1,12H2,2-6H3/t13?,16-,17?,18-,19?,20?,22-/m1/s1. The number of rotatable bonds is 6. The normalized spacial score (nSPS) is 34.6. The quantitative estimate of drug-likeness (QED) is 0.524. The molecule has 4 rings (SSSR count). The van der Waals surface area contributed by atoms with Crippen molar-refractivity contribution in [3.8, 4) is 0 Å². The second kappa shape index (κ2) is 8.52. The molecule has 0 radical (unpaired) electrons. The van der Waals surface area contributed by atoms with Gasteiger partial charge in [0.25, 0.3) is 0 Å². The van der Waals surface area contributed by atoms with Crippen molar-refractivity contribution in [2.45, 2.75) is 83.0 Å². The average Bonchev–Trinajstić information content (AvgIpc) is 3.36. The van der Waals surface area contributed by atoms with Gasteiger partial charge in [0.05, 0.1) is 18.3 Å². The first-order chi connectivity index (χ1) is 15.0. The molecular weight excluding hydrogens is 416 g/mol. The van der Waals surface area contributed by atoms with Crippen LogP contribution in [0.15, 0.2) is 36.9 Å². The van der Waals surface area contributed by atoms with Gasteiger partial charge in [-0.25, -0.2) is 4.79 Å². The van der Waals surface area contributed by atoms with Crippen molar-refractivity contribution in [1.29, 1.82) is 0 Å². The molecule has 8 nitrogen and oxygen atoms in total. The summed E-state index contributed by atoms with van der Waals surface area (Å²) in [5.41, 5.74) is 0.932. The molecule has 0 amide bonds. The first-order valence-electron chi connectivity index (χ1n) is 10.9. The van der Waals surface area contributed by atoms with Crippen LogP contribution < -0.4 is 0 Å². The summed E-state index contributed by atoms with van der Waals surface area (Å²) in [5.74, 6) is -2.32. The molecule has 0 aliphatic carbocycles. The fourth-order valence-corrected chi connectivity index (χ4v) is 4.29. The lowest BCUT2D eigenvalue weighted by atomic mass is 9.96. The Morgan fingerprint density at radius 3 is 2.59 bits per heavy atom. The Hall–Kier alpha value is -1.81. The number of benzene rings is 1. The van der Waals surface area contributed by atoms with Crippen molar-refractivity contribution in [1.82, 2.24) is 0 Å². The van der Waals surface area contributed by atoms with Gasteiger partial charge in [-0.05, 0) is 45.4 Å². The van der Waals surface area contributed by atoms with Crippen molar-refractivity contribution >= 4 is 5.97 Å². The largest absolute Gasteiger partial charge is 0.453 e. The van der Waals surface area contributed by atoms with E-state index in [1.165, 1.54) is 0 Å². The smallest absolute Gasteiger partial charge is 0.338 e. The molecule has 1 aromatic rings. The number of hydrogen-bond donors (Lipinski definition) is 1. The molecule has 0 spiro atoms. The van der Waals surface area contributed by atoms with Crippen LogP contribution in [-0.4, -0.2) is 60.0 Å². The average molecular weight is 449 g/mol. The topological polar surface area (TPSA) is 92.7 Å². The molecule has 0 saturated carbocycles. The first-order valence-corrected chi connectivity index (χ1v) is 10.9. The van der Waals surface area contributed by atoms with Crippen LogP contribution in [0.4, 0.5) is 0 Å². The maximum Gasteiger partial charge on any atom is 0.338 e. The summed E-state index contributed by atoms with van der Waals surface area (Å²) < 4.78 is 35.5. The molecule has 3 fully saturated rings. The summed E-state index contributed by atoms with van der Waals surface area (Å²) in [5, 5.41) is 10.5. The van der Waals surface area contributed by atoms with Crippen LogP contribution in [-0.2, 0) is 28.4 Å². The van der Waals surface area contributed by atoms with Crippen molar-refractivity contribution in [2.24, 2.45) is 5.92 Å². The monoisotopic (exact) mass is 448 g/mol. The molecule has 32 heavy (non-hydrogen) atoms. The molecular formula is C24H32O8. The molecule has 7 atom stereocenters. The number of carbonyl (C=O) groups excluding carboxylic acids is 1. The fraction of sp³-hybridized carbons (Fsp3) is 0.625. The number of aliphatic hydroxyl groups is 1. The van der Waals surface area contributed by atoms with Crippen LogP contribution >= 0.6 is 0 Å². The molecule has 1 aromatic carbocycles. The molecule has 3 heterocycles. The number of aliphatic hydroxyl groups excluding tert-OH is 1. The Labute approximate surface area is 188 Å². The molecule has 176 valence electrons. The third-order valence-electron chi connectivity index (χ3n) is 6.00. The SMILES string of the molecule is C=CC(C)C(O)c1cccc(C(=O)OC2C3OC(C)(C)O[C@H]3O[C@@H]2[C@H]2COC(C)(C)O2)c1. The highest BCUT2D eigenvalue weighted by Crippen LogP contribution is 2.42. The van der Waals surface area contributed by atoms with Crippen LogP contribution in [0, 0.1) is 5.92 Å². The van der Waals surface area contributed by atoms with E-state index in [-0.39, 0.29) is 5.92 Å². The lowest BCUT2D eigenvalue weighted by Gasteiger charge is -2.28. The molecule has 8 heteroatoms. The highest BCUT2D eigenvalue weighted by atomic mass is 16.8. The van der Waals surface area contributed by atoms with Gasteiger partial charge in [0.15, 0.2) is 30.1 Å². The third kappa shape index (κ3) is 4.62. The van der Waals surface area contributed by atoms with E-state index in [0.29, 0.717) is 17.7 Å². The number of carbonyl (C=O) groups is 1. The second-order valence-electron chi connectivity index (χ2n) is 9.47. The molecule has 1 N–H and O–H groups in total. The van der Waals surface area contributed by atoms with Crippen LogP contribution in [0.25, 0.3) is 0 Å². The molecule has 0 aromatic heterocycles. The lowest BCUT2D eigenvalue weighted by Crippen LogP contribution is -2.45. The highest BCUT2D eigenvalue weighted by Gasteiger charge is 2.60. The summed E-state index contributed by atoms with van der Waals surface area (Å²) in [6.45, 7) is 13.1. The van der Waals surface area contributed by atoms with Crippen LogP contribution in [0.1, 0.15) is 56.6 Å². The lowest BCUT2D eigenvalue weighted by molar-refractivity contribution is -0.232. The summed E-state index contributed by atoms with van der Waals surface area (Å²) in [6.07, 6.45) is -2.18. The second-order valence-corrected chi connectivity index (χ2v) is 9.47. The highest BCUT2D eigenvalue weighted by molar-refractivity contribution is 5.89. The maximum absolute atomic E-state index is 13.1. The molecule has 4 unspecified atom stereocenters. The zero-order chi connectivity index (χ0) is 23.3. The number of fused-ring (bicyclic) bond motifs is 1. The van der Waals surface area contributed by atoms with Gasteiger partial charge in [-0.15, -0.1) is 6.58 Å². The van der Waals surface area contributed by atoms with E-state index in [2.05, 4.69) is 6.58 Å². The van der Waals surface area contributed by atoms with Gasteiger partial charge in [-0.3, -0.25) is 0 Å². The zero-order valence-electron chi connectivity index (χ0n) is 19.1. The van der Waals surface area contributed by atoms with Gasteiger partial charge >= 0.3 is 5.97 Å². The predicted molar refractivity (Wildman–Crippen MR) is 114 cm³/mol. The minimum absolute atomic E-state index is 0.163. The number of hydrogen-bond acceptors (Lipinski definition) is 8. The molecule has 3 aliphatic heterocycles. The summed E-state index contributed by atoms with van der Waals surface area (Å²) in [6, 6.07) is 6.75. The molecule has 3 saturated heterocycles. The Bertz CT molecular complexity index is 865. The van der Waals surface area contributed by atoms with E-state index in [1.54, 1.807) is 44.2 Å². The van der Waals surface area contributed by atoms with Gasteiger partial charge in [-0.2, -0.15) is 0 Å². The van der Waals surface area contributed by atoms with E-state index >= 15 is 0 Å². The Morgan fingerprint density at radius 1 is 1.19 bits per heavy atom. The van der Waals surface area contributed by atoms with E-state index in [4.69, 9.17) is 28.4 Å². The van der Waals surface area contributed by atoms with Crippen molar-refractivity contribution in [2.75, 3.05) is 6.61 Å². The summed E-state index contributed by atoms with van der Waals surface area (Å²) in [4.78, 5) is 13.1. The van der Waals surface area contributed by atoms with Gasteiger partial charge < -0.3 is 33.5 Å². The van der Waals surface area contributed by atoms with E-state index < -0.39 is 54.4 Å². The van der Waals surface area contributed by atoms with Crippen molar-refractivity contribution in [3.05, 3.63) is 48.0 Å². The van der Waals surface area contributed by atoms with Gasteiger partial charge in [0.1, 0.15) is 12.2 Å². The number of esters is 1. The molecule has 0 bridgehead atoms. The Kier molecular flexibility index (Phi) is 6.21. The zero-order valence-corrected chi connectivity index (χ0v) is 19.1. The Morgan fingerprint density at radius 2 is 1.94 bits per heavy atom. The maximum atomic E-state index is 13.1. The van der Waals surface area contributed by atoms with Gasteiger partial charge in [-0.1, -0.05) is 25.1 Å². The van der Waals surface area contributed by atoms with Gasteiger partial charge in [0, 0.05) is 5.92 Å². The van der Waals surface area contributed by atoms with Crippen LogP contribution in [0.5, 0.6) is 0 Å². The van der Waals surface area contributed by atoms with Crippen molar-refractivity contribution in [3.63, 3.8) is 0 Å². The van der Waals surface area contributed by atoms with E-state index in [1.807, 2.05) is 20.8 Å². The van der Waals surface area contributed by atoms with Crippen molar-refractivity contribution < 1.29 is 38.3 Å². The minimum Gasteiger partial charge on any atom is -0.453 e. The summed E-state index contributed by atoms with van der Waals surface area (Å²) in [7, 11) is 0. The van der Waals surface area contributed by atoms with E-state index in [9.17, 15) is 9.90 Å². The van der Waals surface area contributed by atoms with Gasteiger partial charge in [0.2, 0.25) is 0 Å². The minimum atomic E-state index is -0.859. The predicted octanol–water partition coefficient (Wildman–Crippen LogP) is 3.10. The van der Waals surface area contributed by atoms with Crippen LogP contribution in [0.2, 0.25) is 0 Å². The summed E-state index contributed by atoms with van der Waals surface area (Å²) >= 11 is 0. The number of ether oxygens (including phenoxy) is 6. The van der Waals surface area contributed by atoms with Crippen LogP contribution in [0.3, 0.4) is 0 Å². The fourth-order valence-electron chi connectivity index (χ4n) is 4.29. The first kappa shape index (κ1) is 23.4. The van der Waals surface area contributed by atoms with E-state index in [0.717, 1.165) is 0 Å². The third-order valence-corrected chi connectivity index (χ3v) is 6.00.